The molecular weight excluding hydrogens is 136 g/mol. The van der Waals surface area contributed by atoms with Crippen LogP contribution in [-0.4, -0.2) is 35.5 Å². The normalized spacial score (nSPS) is 11.5. The minimum Gasteiger partial charge on any atom is -0.463 e. The predicted molar refractivity (Wildman–Crippen MR) is 36.5 cm³/mol. The lowest BCUT2D eigenvalue weighted by Gasteiger charge is -2.05. The molecule has 2 N–H and O–H groups in total. The smallest absolute Gasteiger partial charge is 0.302 e. The zero-order valence-corrected chi connectivity index (χ0v) is 5.20. The fraction of sp³-hybridized carbons (Fsp3) is 0.833. The summed E-state index contributed by atoms with van der Waals surface area (Å²) in [5.41, 5.74) is 0. The molecular formula is C6H14O4. The van der Waals surface area contributed by atoms with Gasteiger partial charge in [0.25, 0.3) is 0 Å². The van der Waals surface area contributed by atoms with Crippen molar-refractivity contribution in [3.63, 3.8) is 0 Å². The quantitative estimate of drug-likeness (QED) is 0.534. The molecule has 0 radical (unpaired) electrons. The molecule has 0 rings (SSSR count). The van der Waals surface area contributed by atoms with Crippen LogP contribution in [0.15, 0.2) is 0 Å². The average molecular weight is 150 g/mol. The van der Waals surface area contributed by atoms with Crippen LogP contribution < -0.4 is 0 Å². The molecule has 0 fully saturated rings. The van der Waals surface area contributed by atoms with Crippen LogP contribution in [0.1, 0.15) is 14.4 Å². The molecule has 10 heavy (non-hydrogen) atoms. The number of aliphatic hydroxyl groups excluding tert-OH is 2. The number of carbonyl (C=O) groups excluding carboxylic acids is 1. The summed E-state index contributed by atoms with van der Waals surface area (Å²) in [5.74, 6) is -0.456. The number of hydrogen-bond donors (Lipinski definition) is 2. The van der Waals surface area contributed by atoms with Crippen molar-refractivity contribution < 1.29 is 19.7 Å². The molecule has 0 aliphatic carbocycles. The first-order valence-electron chi connectivity index (χ1n) is 2.59. The molecule has 0 saturated carbocycles. The van der Waals surface area contributed by atoms with Crippen molar-refractivity contribution in [1.82, 2.24) is 0 Å². The Morgan fingerprint density at radius 3 is 2.50 bits per heavy atom. The Labute approximate surface area is 60.4 Å². The van der Waals surface area contributed by atoms with Crippen LogP contribution in [0.5, 0.6) is 0 Å². The molecule has 4 heteroatoms. The highest BCUT2D eigenvalue weighted by Crippen LogP contribution is 1.82. The van der Waals surface area contributed by atoms with Gasteiger partial charge in [0.15, 0.2) is 0 Å². The fourth-order valence-electron chi connectivity index (χ4n) is 0.266. The summed E-state index contributed by atoms with van der Waals surface area (Å²) >= 11 is 0. The van der Waals surface area contributed by atoms with Gasteiger partial charge in [0.05, 0.1) is 6.61 Å². The third-order valence-electron chi connectivity index (χ3n) is 0.690. The van der Waals surface area contributed by atoms with E-state index in [1.165, 1.54) is 6.92 Å². The Bertz CT molecular complexity index is 91.7. The van der Waals surface area contributed by atoms with Crippen molar-refractivity contribution in [1.29, 1.82) is 0 Å². The van der Waals surface area contributed by atoms with Gasteiger partial charge in [-0.3, -0.25) is 4.79 Å². The lowest BCUT2D eigenvalue weighted by Crippen LogP contribution is -2.20. The van der Waals surface area contributed by atoms with Gasteiger partial charge in [0.1, 0.15) is 12.7 Å². The Balaban J connectivity index is 0. The van der Waals surface area contributed by atoms with E-state index in [0.29, 0.717) is 0 Å². The van der Waals surface area contributed by atoms with Gasteiger partial charge in [-0.05, 0) is 0 Å². The summed E-state index contributed by atoms with van der Waals surface area (Å²) in [7, 11) is 0. The van der Waals surface area contributed by atoms with Crippen molar-refractivity contribution >= 4 is 5.97 Å². The van der Waals surface area contributed by atoms with Gasteiger partial charge in [-0.25, -0.2) is 0 Å². The molecule has 0 aromatic heterocycles. The van der Waals surface area contributed by atoms with Crippen LogP contribution in [-0.2, 0) is 9.53 Å². The first-order chi connectivity index (χ1) is 4.16. The summed E-state index contributed by atoms with van der Waals surface area (Å²) in [5, 5.41) is 16.8. The second-order valence-corrected chi connectivity index (χ2v) is 1.64. The van der Waals surface area contributed by atoms with E-state index < -0.39 is 12.1 Å². The second kappa shape index (κ2) is 6.51. The van der Waals surface area contributed by atoms with Crippen molar-refractivity contribution in [2.24, 2.45) is 0 Å². The van der Waals surface area contributed by atoms with Crippen molar-refractivity contribution in [2.75, 3.05) is 13.2 Å². The Kier molecular flexibility index (Phi) is 7.88. The molecule has 0 saturated heterocycles. The molecule has 62 valence electrons. The summed E-state index contributed by atoms with van der Waals surface area (Å²) in [6, 6.07) is 0. The summed E-state index contributed by atoms with van der Waals surface area (Å²) < 4.78 is 4.35. The first kappa shape index (κ1) is 12.1. The minimum absolute atomic E-state index is 0. The lowest BCUT2D eigenvalue weighted by molar-refractivity contribution is -0.144. The molecule has 1 atom stereocenters. The maximum Gasteiger partial charge on any atom is 0.302 e. The summed E-state index contributed by atoms with van der Waals surface area (Å²) in [4.78, 5) is 10.0. The molecule has 0 amide bonds. The van der Waals surface area contributed by atoms with E-state index in [1.54, 1.807) is 0 Å². The van der Waals surface area contributed by atoms with E-state index in [0.717, 1.165) is 0 Å². The molecule has 0 bridgehead atoms. The molecule has 1 unspecified atom stereocenters. The van der Waals surface area contributed by atoms with E-state index in [-0.39, 0.29) is 20.6 Å². The zero-order valence-electron chi connectivity index (χ0n) is 5.20. The first-order valence-corrected chi connectivity index (χ1v) is 2.59. The maximum atomic E-state index is 10.0. The van der Waals surface area contributed by atoms with Crippen LogP contribution in [0, 0.1) is 0 Å². The third kappa shape index (κ3) is 7.39. The maximum absolute atomic E-state index is 10.0. The van der Waals surface area contributed by atoms with Crippen molar-refractivity contribution in [2.45, 2.75) is 20.5 Å². The predicted octanol–water partition coefficient (Wildman–Crippen LogP) is -0.461. The minimum atomic E-state index is -0.950. The SMILES string of the molecule is C.CC(=O)OCC(O)CO. The highest BCUT2D eigenvalue weighted by molar-refractivity contribution is 5.65. The molecule has 0 spiro atoms. The van der Waals surface area contributed by atoms with Gasteiger partial charge in [-0.2, -0.15) is 0 Å². The largest absolute Gasteiger partial charge is 0.463 e. The number of esters is 1. The molecule has 0 aliphatic rings. The summed E-state index contributed by atoms with van der Waals surface area (Å²) in [6.45, 7) is 0.725. The zero-order chi connectivity index (χ0) is 7.28. The highest BCUT2D eigenvalue weighted by atomic mass is 16.5. The molecule has 4 nitrogen and oxygen atoms in total. The van der Waals surface area contributed by atoms with Crippen LogP contribution in [0.4, 0.5) is 0 Å². The topological polar surface area (TPSA) is 66.8 Å². The lowest BCUT2D eigenvalue weighted by atomic mass is 10.4. The highest BCUT2D eigenvalue weighted by Gasteiger charge is 2.02. The number of hydrogen-bond acceptors (Lipinski definition) is 4. The van der Waals surface area contributed by atoms with Gasteiger partial charge in [0.2, 0.25) is 0 Å². The van der Waals surface area contributed by atoms with Gasteiger partial charge >= 0.3 is 5.97 Å². The number of rotatable bonds is 3. The van der Waals surface area contributed by atoms with Gasteiger partial charge in [-0.1, -0.05) is 7.43 Å². The van der Waals surface area contributed by atoms with E-state index in [2.05, 4.69) is 4.74 Å². The van der Waals surface area contributed by atoms with E-state index in [4.69, 9.17) is 10.2 Å². The van der Waals surface area contributed by atoms with E-state index in [1.807, 2.05) is 0 Å². The van der Waals surface area contributed by atoms with Gasteiger partial charge in [-0.15, -0.1) is 0 Å². The number of ether oxygens (including phenoxy) is 1. The molecule has 0 heterocycles. The number of aliphatic hydroxyl groups is 2. The second-order valence-electron chi connectivity index (χ2n) is 1.64. The third-order valence-corrected chi connectivity index (χ3v) is 0.690. The Morgan fingerprint density at radius 1 is 1.70 bits per heavy atom. The summed E-state index contributed by atoms with van der Waals surface area (Å²) in [6.07, 6.45) is -0.950. The molecule has 0 aromatic rings. The Morgan fingerprint density at radius 2 is 2.20 bits per heavy atom. The fourth-order valence-corrected chi connectivity index (χ4v) is 0.266. The van der Waals surface area contributed by atoms with Crippen LogP contribution >= 0.6 is 0 Å². The van der Waals surface area contributed by atoms with Crippen LogP contribution in [0.3, 0.4) is 0 Å². The van der Waals surface area contributed by atoms with Crippen molar-refractivity contribution in [3.8, 4) is 0 Å². The molecule has 0 aromatic carbocycles. The van der Waals surface area contributed by atoms with Crippen LogP contribution in [0.2, 0.25) is 0 Å². The van der Waals surface area contributed by atoms with Crippen molar-refractivity contribution in [3.05, 3.63) is 0 Å². The average Bonchev–Trinajstić information content (AvgIpc) is 1.83. The van der Waals surface area contributed by atoms with E-state index in [9.17, 15) is 4.79 Å². The van der Waals surface area contributed by atoms with Gasteiger partial charge in [0, 0.05) is 6.92 Å². The monoisotopic (exact) mass is 150 g/mol. The van der Waals surface area contributed by atoms with Gasteiger partial charge < -0.3 is 14.9 Å². The van der Waals surface area contributed by atoms with Crippen LogP contribution in [0.25, 0.3) is 0 Å². The standard InChI is InChI=1S/C5H10O4.CH4/c1-4(7)9-3-5(8)2-6;/h5-6,8H,2-3H2,1H3;1H4. The molecule has 0 aliphatic heterocycles. The van der Waals surface area contributed by atoms with E-state index >= 15 is 0 Å². The number of carbonyl (C=O) groups is 1. The Hall–Kier alpha value is -0.610.